The van der Waals surface area contributed by atoms with Crippen molar-refractivity contribution >= 4 is 29.9 Å². The third-order valence-electron chi connectivity index (χ3n) is 3.02. The second-order valence-electron chi connectivity index (χ2n) is 4.71. The van der Waals surface area contributed by atoms with Gasteiger partial charge in [0.15, 0.2) is 5.96 Å². The van der Waals surface area contributed by atoms with Crippen LogP contribution in [-0.4, -0.2) is 39.4 Å². The number of halogens is 1. The summed E-state index contributed by atoms with van der Waals surface area (Å²) in [4.78, 5) is 4.39. The Bertz CT molecular complexity index is 441. The number of aliphatic imine (C=N–C) groups is 1. The first kappa shape index (κ1) is 18.0. The number of rotatable bonds is 7. The van der Waals surface area contributed by atoms with Gasteiger partial charge >= 0.3 is 0 Å². The van der Waals surface area contributed by atoms with Crippen LogP contribution in [0.1, 0.15) is 18.4 Å². The molecule has 0 spiro atoms. The minimum Gasteiger partial charge on any atom is -0.493 e. The van der Waals surface area contributed by atoms with Gasteiger partial charge in [0.1, 0.15) is 5.75 Å². The lowest BCUT2D eigenvalue weighted by Crippen LogP contribution is -2.40. The number of nitrogens with one attached hydrogen (secondary N) is 2. The van der Waals surface area contributed by atoms with Crippen molar-refractivity contribution in [1.29, 1.82) is 0 Å². The molecule has 1 aliphatic heterocycles. The molecule has 0 radical (unpaired) electrons. The predicted octanol–water partition coefficient (Wildman–Crippen LogP) is 2.16. The molecule has 5 nitrogen and oxygen atoms in total. The Morgan fingerprint density at radius 2 is 2.24 bits per heavy atom. The third-order valence-corrected chi connectivity index (χ3v) is 3.02. The molecule has 0 fully saturated rings. The monoisotopic (exact) mass is 405 g/mol. The van der Waals surface area contributed by atoms with Crippen LogP contribution in [0.4, 0.5) is 0 Å². The highest BCUT2D eigenvalue weighted by molar-refractivity contribution is 14.0. The Labute approximate surface area is 143 Å². The molecule has 2 rings (SSSR count). The van der Waals surface area contributed by atoms with Gasteiger partial charge in [-0.2, -0.15) is 0 Å². The Kier molecular flexibility index (Phi) is 9.16. The Morgan fingerprint density at radius 3 is 3.00 bits per heavy atom. The van der Waals surface area contributed by atoms with Crippen molar-refractivity contribution in [1.82, 2.24) is 10.6 Å². The molecule has 1 aromatic rings. The van der Waals surface area contributed by atoms with Crippen LogP contribution in [0, 0.1) is 0 Å². The number of hydrogen-bond acceptors (Lipinski definition) is 5. The number of hydrogen-bond donors (Lipinski definition) is 2. The Hall–Kier alpha value is -1.02. The predicted molar refractivity (Wildman–Crippen MR) is 95.6 cm³/mol. The maximum Gasteiger partial charge on any atom is 0.191 e. The molecule has 2 N–H and O–H groups in total. The van der Waals surface area contributed by atoms with Crippen molar-refractivity contribution in [2.45, 2.75) is 19.4 Å². The SMILES string of the molecule is COCCCOc1cccc(CNC2=NCCCN2)c1.I. The van der Waals surface area contributed by atoms with Crippen LogP contribution in [-0.2, 0) is 11.3 Å². The number of benzene rings is 1. The van der Waals surface area contributed by atoms with Crippen LogP contribution in [0.25, 0.3) is 0 Å². The quantitative estimate of drug-likeness (QED) is 0.540. The fraction of sp³-hybridized carbons (Fsp3) is 0.533. The summed E-state index contributed by atoms with van der Waals surface area (Å²) < 4.78 is 10.7. The summed E-state index contributed by atoms with van der Waals surface area (Å²) in [7, 11) is 1.70. The van der Waals surface area contributed by atoms with E-state index in [9.17, 15) is 0 Å². The molecule has 0 aliphatic carbocycles. The van der Waals surface area contributed by atoms with Crippen molar-refractivity contribution in [3.8, 4) is 5.75 Å². The lowest BCUT2D eigenvalue weighted by atomic mass is 10.2. The zero-order valence-electron chi connectivity index (χ0n) is 12.4. The molecule has 0 aromatic heterocycles. The number of ether oxygens (including phenoxy) is 2. The molecule has 0 atom stereocenters. The van der Waals surface area contributed by atoms with Gasteiger partial charge in [-0.3, -0.25) is 4.99 Å². The number of methoxy groups -OCH3 is 1. The third kappa shape index (κ3) is 6.99. The molecule has 21 heavy (non-hydrogen) atoms. The molecular weight excluding hydrogens is 381 g/mol. The first-order valence-electron chi connectivity index (χ1n) is 7.11. The minimum atomic E-state index is 0. The Morgan fingerprint density at radius 1 is 1.33 bits per heavy atom. The van der Waals surface area contributed by atoms with E-state index < -0.39 is 0 Å². The van der Waals surface area contributed by atoms with Crippen LogP contribution < -0.4 is 15.4 Å². The van der Waals surface area contributed by atoms with E-state index in [4.69, 9.17) is 9.47 Å². The fourth-order valence-electron chi connectivity index (χ4n) is 1.98. The van der Waals surface area contributed by atoms with E-state index in [0.29, 0.717) is 6.61 Å². The van der Waals surface area contributed by atoms with Gasteiger partial charge in [-0.25, -0.2) is 0 Å². The molecule has 0 unspecified atom stereocenters. The zero-order chi connectivity index (χ0) is 14.0. The molecule has 1 heterocycles. The highest BCUT2D eigenvalue weighted by Crippen LogP contribution is 2.13. The highest BCUT2D eigenvalue weighted by Gasteiger charge is 2.03. The van der Waals surface area contributed by atoms with Gasteiger partial charge in [0, 0.05) is 39.8 Å². The van der Waals surface area contributed by atoms with Crippen LogP contribution in [0.5, 0.6) is 5.75 Å². The van der Waals surface area contributed by atoms with Crippen molar-refractivity contribution in [3.05, 3.63) is 29.8 Å². The maximum absolute atomic E-state index is 5.69. The van der Waals surface area contributed by atoms with Crippen LogP contribution >= 0.6 is 24.0 Å². The number of guanidine groups is 1. The van der Waals surface area contributed by atoms with Gasteiger partial charge in [0.05, 0.1) is 6.61 Å². The van der Waals surface area contributed by atoms with Gasteiger partial charge in [-0.05, 0) is 24.1 Å². The lowest BCUT2D eigenvalue weighted by Gasteiger charge is -2.16. The van der Waals surface area contributed by atoms with Gasteiger partial charge in [-0.15, -0.1) is 24.0 Å². The van der Waals surface area contributed by atoms with Crippen LogP contribution in [0.15, 0.2) is 29.3 Å². The maximum atomic E-state index is 5.69. The summed E-state index contributed by atoms with van der Waals surface area (Å²) >= 11 is 0. The summed E-state index contributed by atoms with van der Waals surface area (Å²) in [5, 5.41) is 6.55. The molecule has 0 saturated heterocycles. The van der Waals surface area contributed by atoms with Crippen molar-refractivity contribution < 1.29 is 9.47 Å². The van der Waals surface area contributed by atoms with E-state index >= 15 is 0 Å². The average molecular weight is 405 g/mol. The average Bonchev–Trinajstić information content (AvgIpc) is 2.51. The summed E-state index contributed by atoms with van der Waals surface area (Å²) in [6.07, 6.45) is 2.01. The van der Waals surface area contributed by atoms with Crippen LogP contribution in [0.3, 0.4) is 0 Å². The van der Waals surface area contributed by atoms with Gasteiger partial charge in [-0.1, -0.05) is 12.1 Å². The Balaban J connectivity index is 0.00000220. The second-order valence-corrected chi connectivity index (χ2v) is 4.71. The summed E-state index contributed by atoms with van der Waals surface area (Å²) in [5.74, 6) is 1.79. The second kappa shape index (κ2) is 10.7. The summed E-state index contributed by atoms with van der Waals surface area (Å²) in [6.45, 7) is 4.05. The van der Waals surface area contributed by atoms with E-state index in [1.54, 1.807) is 7.11 Å². The number of nitrogens with zero attached hydrogens (tertiary/aromatic N) is 1. The van der Waals surface area contributed by atoms with Gasteiger partial charge in [0.25, 0.3) is 0 Å². The van der Waals surface area contributed by atoms with Crippen molar-refractivity contribution in [3.63, 3.8) is 0 Å². The molecule has 118 valence electrons. The summed E-state index contributed by atoms with van der Waals surface area (Å²) in [5.41, 5.74) is 1.18. The van der Waals surface area contributed by atoms with E-state index in [1.807, 2.05) is 12.1 Å². The largest absolute Gasteiger partial charge is 0.493 e. The lowest BCUT2D eigenvalue weighted by molar-refractivity contribution is 0.172. The molecule has 0 amide bonds. The molecular formula is C15H24IN3O2. The topological polar surface area (TPSA) is 54.9 Å². The van der Waals surface area contributed by atoms with Crippen molar-refractivity contribution in [2.24, 2.45) is 4.99 Å². The minimum absolute atomic E-state index is 0. The molecule has 0 saturated carbocycles. The normalized spacial score (nSPS) is 13.7. The van der Waals surface area contributed by atoms with Crippen LogP contribution in [0.2, 0.25) is 0 Å². The standard InChI is InChI=1S/C15H23N3O2.HI/c1-19-9-4-10-20-14-6-2-5-13(11-14)12-18-15-16-7-3-8-17-15;/h2,5-6,11H,3-4,7-10,12H2,1H3,(H2,16,17,18);1H. The smallest absolute Gasteiger partial charge is 0.191 e. The molecule has 6 heteroatoms. The molecule has 1 aliphatic rings. The first-order valence-corrected chi connectivity index (χ1v) is 7.11. The van der Waals surface area contributed by atoms with E-state index in [2.05, 4.69) is 27.8 Å². The van der Waals surface area contributed by atoms with Gasteiger partial charge < -0.3 is 20.1 Å². The van der Waals surface area contributed by atoms with E-state index in [0.717, 1.165) is 50.8 Å². The molecule has 0 bridgehead atoms. The van der Waals surface area contributed by atoms with Crippen molar-refractivity contribution in [2.75, 3.05) is 33.4 Å². The fourth-order valence-corrected chi connectivity index (χ4v) is 1.98. The van der Waals surface area contributed by atoms with E-state index in [1.165, 1.54) is 5.56 Å². The van der Waals surface area contributed by atoms with Gasteiger partial charge in [0.2, 0.25) is 0 Å². The zero-order valence-corrected chi connectivity index (χ0v) is 14.8. The van der Waals surface area contributed by atoms with E-state index in [-0.39, 0.29) is 24.0 Å². The highest BCUT2D eigenvalue weighted by atomic mass is 127. The summed E-state index contributed by atoms with van der Waals surface area (Å²) in [6, 6.07) is 8.13. The molecule has 1 aromatic carbocycles. The first-order chi connectivity index (χ1) is 9.88.